The molecule has 0 aromatic heterocycles. The highest BCUT2D eigenvalue weighted by molar-refractivity contribution is 7.90. The highest BCUT2D eigenvalue weighted by Crippen LogP contribution is 2.26. The molecular weight excluding hydrogens is 322 g/mol. The predicted octanol–water partition coefficient (Wildman–Crippen LogP) is 3.55. The van der Waals surface area contributed by atoms with E-state index in [2.05, 4.69) is 25.2 Å². The Kier molecular flexibility index (Phi) is 6.02. The number of benzene rings is 2. The number of nitrogens with one attached hydrogen (secondary N) is 1. The molecule has 0 aliphatic heterocycles. The van der Waals surface area contributed by atoms with E-state index in [9.17, 15) is 8.42 Å². The number of sulfone groups is 1. The van der Waals surface area contributed by atoms with Crippen molar-refractivity contribution in [2.24, 2.45) is 0 Å². The van der Waals surface area contributed by atoms with E-state index in [0.29, 0.717) is 10.8 Å². The number of rotatable bonds is 7. The highest BCUT2D eigenvalue weighted by atomic mass is 32.2. The minimum absolute atomic E-state index is 0.135. The molecule has 0 aliphatic carbocycles. The van der Waals surface area contributed by atoms with Crippen molar-refractivity contribution in [2.45, 2.75) is 30.7 Å². The molecule has 0 radical (unpaired) electrons. The van der Waals surface area contributed by atoms with Gasteiger partial charge in [0.1, 0.15) is 5.75 Å². The SMILES string of the molecule is COc1ccccc1[C@@H](C)CN[C@@H](C)c1ccc(S(C)(=O)=O)cc1. The van der Waals surface area contributed by atoms with Crippen LogP contribution in [0, 0.1) is 0 Å². The summed E-state index contributed by atoms with van der Waals surface area (Å²) >= 11 is 0. The number of para-hydroxylation sites is 1. The lowest BCUT2D eigenvalue weighted by molar-refractivity contribution is 0.404. The average molecular weight is 347 g/mol. The largest absolute Gasteiger partial charge is 0.496 e. The van der Waals surface area contributed by atoms with Gasteiger partial charge in [0.15, 0.2) is 9.84 Å². The maximum Gasteiger partial charge on any atom is 0.175 e. The highest BCUT2D eigenvalue weighted by Gasteiger charge is 2.13. The summed E-state index contributed by atoms with van der Waals surface area (Å²) in [6.07, 6.45) is 1.22. The van der Waals surface area contributed by atoms with Gasteiger partial charge in [0.2, 0.25) is 0 Å². The molecule has 130 valence electrons. The molecule has 2 atom stereocenters. The number of hydrogen-bond acceptors (Lipinski definition) is 4. The zero-order valence-corrected chi connectivity index (χ0v) is 15.4. The summed E-state index contributed by atoms with van der Waals surface area (Å²) in [5.41, 5.74) is 2.24. The molecule has 0 aliphatic rings. The molecule has 24 heavy (non-hydrogen) atoms. The van der Waals surface area contributed by atoms with E-state index < -0.39 is 9.84 Å². The van der Waals surface area contributed by atoms with Crippen LogP contribution in [0.3, 0.4) is 0 Å². The van der Waals surface area contributed by atoms with Crippen molar-refractivity contribution in [3.05, 3.63) is 59.7 Å². The maximum absolute atomic E-state index is 11.5. The van der Waals surface area contributed by atoms with E-state index in [0.717, 1.165) is 17.9 Å². The smallest absolute Gasteiger partial charge is 0.175 e. The fourth-order valence-electron chi connectivity index (χ4n) is 2.66. The van der Waals surface area contributed by atoms with Gasteiger partial charge in [-0.05, 0) is 42.2 Å². The maximum atomic E-state index is 11.5. The standard InChI is InChI=1S/C19H25NO3S/c1-14(18-7-5-6-8-19(18)23-3)13-20-15(2)16-9-11-17(12-10-16)24(4,21)22/h5-12,14-15,20H,13H2,1-4H3/t14-,15-/m0/s1. The molecule has 0 fully saturated rings. The Balaban J connectivity index is 2.01. The first-order chi connectivity index (χ1) is 11.3. The summed E-state index contributed by atoms with van der Waals surface area (Å²) in [6, 6.07) is 15.2. The first-order valence-electron chi connectivity index (χ1n) is 7.99. The topological polar surface area (TPSA) is 55.4 Å². The van der Waals surface area contributed by atoms with Crippen LogP contribution in [0.4, 0.5) is 0 Å². The van der Waals surface area contributed by atoms with Gasteiger partial charge in [-0.1, -0.05) is 37.3 Å². The Bertz CT molecular complexity index is 769. The molecule has 1 N–H and O–H groups in total. The molecule has 0 unspecified atom stereocenters. The zero-order chi connectivity index (χ0) is 17.7. The van der Waals surface area contributed by atoms with E-state index >= 15 is 0 Å². The third kappa shape index (κ3) is 4.58. The zero-order valence-electron chi connectivity index (χ0n) is 14.6. The first kappa shape index (κ1) is 18.5. The summed E-state index contributed by atoms with van der Waals surface area (Å²) in [5.74, 6) is 1.20. The predicted molar refractivity (Wildman–Crippen MR) is 97.4 cm³/mol. The summed E-state index contributed by atoms with van der Waals surface area (Å²) in [6.45, 7) is 5.03. The van der Waals surface area contributed by atoms with E-state index in [-0.39, 0.29) is 6.04 Å². The second-order valence-electron chi connectivity index (χ2n) is 6.11. The van der Waals surface area contributed by atoms with Crippen LogP contribution in [0.25, 0.3) is 0 Å². The van der Waals surface area contributed by atoms with Gasteiger partial charge < -0.3 is 10.1 Å². The van der Waals surface area contributed by atoms with Gasteiger partial charge in [-0.15, -0.1) is 0 Å². The van der Waals surface area contributed by atoms with Crippen LogP contribution < -0.4 is 10.1 Å². The Labute approximate surface area is 144 Å². The van der Waals surface area contributed by atoms with Crippen LogP contribution in [-0.4, -0.2) is 28.3 Å². The van der Waals surface area contributed by atoms with Gasteiger partial charge in [-0.2, -0.15) is 0 Å². The second-order valence-corrected chi connectivity index (χ2v) is 8.13. The molecule has 2 aromatic rings. The molecule has 5 heteroatoms. The molecule has 0 heterocycles. The van der Waals surface area contributed by atoms with Crippen molar-refractivity contribution in [1.82, 2.24) is 5.32 Å². The number of methoxy groups -OCH3 is 1. The molecule has 2 aromatic carbocycles. The van der Waals surface area contributed by atoms with E-state index in [1.165, 1.54) is 11.8 Å². The first-order valence-corrected chi connectivity index (χ1v) is 9.88. The third-order valence-corrected chi connectivity index (χ3v) is 5.34. The van der Waals surface area contributed by atoms with Crippen LogP contribution in [0.15, 0.2) is 53.4 Å². The lowest BCUT2D eigenvalue weighted by atomic mass is 9.99. The van der Waals surface area contributed by atoms with Gasteiger partial charge >= 0.3 is 0 Å². The minimum atomic E-state index is -3.15. The van der Waals surface area contributed by atoms with Crippen LogP contribution in [0.5, 0.6) is 5.75 Å². The Hall–Kier alpha value is -1.85. The Morgan fingerprint density at radius 3 is 2.25 bits per heavy atom. The Morgan fingerprint density at radius 2 is 1.67 bits per heavy atom. The molecule has 0 amide bonds. The minimum Gasteiger partial charge on any atom is -0.496 e. The molecular formula is C19H25NO3S. The normalized spacial score (nSPS) is 14.2. The summed E-state index contributed by atoms with van der Waals surface area (Å²) in [4.78, 5) is 0.348. The Morgan fingerprint density at radius 1 is 1.04 bits per heavy atom. The third-order valence-electron chi connectivity index (χ3n) is 4.21. The summed E-state index contributed by atoms with van der Waals surface area (Å²) in [5, 5.41) is 3.50. The lowest BCUT2D eigenvalue weighted by Gasteiger charge is -2.20. The fraction of sp³-hybridized carbons (Fsp3) is 0.368. The molecule has 0 spiro atoms. The van der Waals surface area contributed by atoms with Crippen molar-refractivity contribution in [2.75, 3.05) is 19.9 Å². The number of hydrogen-bond donors (Lipinski definition) is 1. The fourth-order valence-corrected chi connectivity index (χ4v) is 3.29. The van der Waals surface area contributed by atoms with Gasteiger partial charge in [0.25, 0.3) is 0 Å². The quantitative estimate of drug-likeness (QED) is 0.832. The van der Waals surface area contributed by atoms with Crippen molar-refractivity contribution in [3.8, 4) is 5.75 Å². The molecule has 2 rings (SSSR count). The van der Waals surface area contributed by atoms with E-state index in [4.69, 9.17) is 4.74 Å². The molecule has 0 saturated carbocycles. The van der Waals surface area contributed by atoms with E-state index in [1.807, 2.05) is 30.3 Å². The van der Waals surface area contributed by atoms with E-state index in [1.54, 1.807) is 19.2 Å². The molecule has 0 bridgehead atoms. The summed E-state index contributed by atoms with van der Waals surface area (Å²) < 4.78 is 28.5. The van der Waals surface area contributed by atoms with Gasteiger partial charge in [0.05, 0.1) is 12.0 Å². The van der Waals surface area contributed by atoms with Crippen LogP contribution in [0.1, 0.15) is 36.9 Å². The van der Waals surface area contributed by atoms with Crippen LogP contribution in [0.2, 0.25) is 0 Å². The number of ether oxygens (including phenoxy) is 1. The average Bonchev–Trinajstić information content (AvgIpc) is 2.58. The van der Waals surface area contributed by atoms with Crippen LogP contribution in [-0.2, 0) is 9.84 Å². The van der Waals surface area contributed by atoms with Gasteiger partial charge in [0, 0.05) is 18.8 Å². The second kappa shape index (κ2) is 7.81. The van der Waals surface area contributed by atoms with Crippen molar-refractivity contribution in [1.29, 1.82) is 0 Å². The monoisotopic (exact) mass is 347 g/mol. The van der Waals surface area contributed by atoms with Crippen molar-refractivity contribution < 1.29 is 13.2 Å². The lowest BCUT2D eigenvalue weighted by Crippen LogP contribution is -2.23. The van der Waals surface area contributed by atoms with Gasteiger partial charge in [-0.3, -0.25) is 0 Å². The van der Waals surface area contributed by atoms with Crippen molar-refractivity contribution in [3.63, 3.8) is 0 Å². The molecule has 4 nitrogen and oxygen atoms in total. The van der Waals surface area contributed by atoms with Gasteiger partial charge in [-0.25, -0.2) is 8.42 Å². The van der Waals surface area contributed by atoms with Crippen molar-refractivity contribution >= 4 is 9.84 Å². The van der Waals surface area contributed by atoms with Crippen LogP contribution >= 0.6 is 0 Å². The summed E-state index contributed by atoms with van der Waals surface area (Å²) in [7, 11) is -1.46. The molecule has 0 saturated heterocycles.